The number of aryl methyl sites for hydroxylation is 2. The molecule has 0 aliphatic heterocycles. The fourth-order valence-corrected chi connectivity index (χ4v) is 2.92. The first-order chi connectivity index (χ1) is 8.10. The van der Waals surface area contributed by atoms with E-state index < -0.39 is 5.97 Å². The van der Waals surface area contributed by atoms with Gasteiger partial charge in [0.15, 0.2) is 10.7 Å². The van der Waals surface area contributed by atoms with Crippen LogP contribution >= 0.6 is 11.3 Å². The highest BCUT2D eigenvalue weighted by Gasteiger charge is 2.21. The predicted octanol–water partition coefficient (Wildman–Crippen LogP) is 2.03. The van der Waals surface area contributed by atoms with Crippen LogP contribution in [0.5, 0.6) is 0 Å². The zero-order valence-electron chi connectivity index (χ0n) is 10.1. The van der Waals surface area contributed by atoms with Crippen LogP contribution < -0.4 is 5.73 Å². The minimum absolute atomic E-state index is 0.216. The summed E-state index contributed by atoms with van der Waals surface area (Å²) in [6.45, 7) is 6.16. The van der Waals surface area contributed by atoms with Gasteiger partial charge in [0, 0.05) is 10.6 Å². The van der Waals surface area contributed by atoms with E-state index in [1.54, 1.807) is 6.92 Å². The predicted molar refractivity (Wildman–Crippen MR) is 67.6 cm³/mol. The van der Waals surface area contributed by atoms with Crippen molar-refractivity contribution >= 4 is 28.1 Å². The Balaban J connectivity index is 2.58. The third kappa shape index (κ3) is 1.78. The standard InChI is InChI=1S/C11H15N3O2S/c1-4-7-6(3)17-11-13-8(9(12)14(7)11)10(15)16-5-2/h4-5,12H2,1-3H3. The minimum Gasteiger partial charge on any atom is -0.461 e. The van der Waals surface area contributed by atoms with Crippen LogP contribution in [0.3, 0.4) is 0 Å². The molecule has 0 bridgehead atoms. The van der Waals surface area contributed by atoms with Crippen molar-refractivity contribution in [2.75, 3.05) is 12.3 Å². The van der Waals surface area contributed by atoms with Crippen LogP contribution in [0.4, 0.5) is 5.82 Å². The van der Waals surface area contributed by atoms with E-state index in [-0.39, 0.29) is 5.69 Å². The molecule has 0 aliphatic rings. The number of carbonyl (C=O) groups excluding carboxylic acids is 1. The normalized spacial score (nSPS) is 11.0. The molecule has 2 heterocycles. The number of nitrogens with zero attached hydrogens (tertiary/aromatic N) is 2. The van der Waals surface area contributed by atoms with Crippen LogP contribution in [0, 0.1) is 6.92 Å². The number of rotatable bonds is 3. The highest BCUT2D eigenvalue weighted by Crippen LogP contribution is 2.27. The van der Waals surface area contributed by atoms with Gasteiger partial charge in [-0.1, -0.05) is 6.92 Å². The first kappa shape index (κ1) is 11.9. The Hall–Kier alpha value is -1.56. The van der Waals surface area contributed by atoms with Crippen LogP contribution in [0.1, 0.15) is 34.9 Å². The summed E-state index contributed by atoms with van der Waals surface area (Å²) in [5, 5.41) is 0. The largest absolute Gasteiger partial charge is 0.461 e. The van der Waals surface area contributed by atoms with E-state index in [0.717, 1.165) is 17.1 Å². The van der Waals surface area contributed by atoms with E-state index in [1.165, 1.54) is 16.2 Å². The van der Waals surface area contributed by atoms with E-state index in [4.69, 9.17) is 10.5 Å². The summed E-state index contributed by atoms with van der Waals surface area (Å²) in [5.74, 6) is -0.0831. The van der Waals surface area contributed by atoms with Gasteiger partial charge in [0.2, 0.25) is 0 Å². The molecule has 0 fully saturated rings. The second-order valence-electron chi connectivity index (χ2n) is 3.64. The second-order valence-corrected chi connectivity index (χ2v) is 4.82. The fourth-order valence-electron chi connectivity index (χ4n) is 1.85. The molecule has 17 heavy (non-hydrogen) atoms. The molecule has 2 rings (SSSR count). The third-order valence-electron chi connectivity index (χ3n) is 2.61. The smallest absolute Gasteiger partial charge is 0.360 e. The number of fused-ring (bicyclic) bond motifs is 1. The zero-order chi connectivity index (χ0) is 12.6. The van der Waals surface area contributed by atoms with Gasteiger partial charge in [0.1, 0.15) is 5.82 Å². The Labute approximate surface area is 103 Å². The Morgan fingerprint density at radius 2 is 2.24 bits per heavy atom. The van der Waals surface area contributed by atoms with E-state index >= 15 is 0 Å². The number of carbonyl (C=O) groups is 1. The summed E-state index contributed by atoms with van der Waals surface area (Å²) in [6, 6.07) is 0. The maximum atomic E-state index is 11.6. The number of nitrogen functional groups attached to an aromatic ring is 1. The molecule has 0 atom stereocenters. The van der Waals surface area contributed by atoms with E-state index in [9.17, 15) is 4.79 Å². The van der Waals surface area contributed by atoms with Crippen LogP contribution in [0.2, 0.25) is 0 Å². The third-order valence-corrected chi connectivity index (χ3v) is 3.60. The summed E-state index contributed by atoms with van der Waals surface area (Å²) in [6.07, 6.45) is 0.856. The molecule has 0 unspecified atom stereocenters. The number of hydrogen-bond acceptors (Lipinski definition) is 5. The lowest BCUT2D eigenvalue weighted by atomic mass is 10.3. The number of hydrogen-bond donors (Lipinski definition) is 1. The molecule has 2 aromatic heterocycles. The summed E-state index contributed by atoms with van der Waals surface area (Å²) in [4.78, 5) is 17.8. The van der Waals surface area contributed by atoms with E-state index in [1.807, 2.05) is 11.3 Å². The number of nitrogens with two attached hydrogens (primary N) is 1. The molecule has 5 nitrogen and oxygen atoms in total. The SMILES string of the molecule is CCOC(=O)c1nc2sc(C)c(CC)n2c1N. The quantitative estimate of drug-likeness (QED) is 0.850. The van der Waals surface area contributed by atoms with Crippen molar-refractivity contribution < 1.29 is 9.53 Å². The van der Waals surface area contributed by atoms with Gasteiger partial charge in [-0.2, -0.15) is 0 Å². The molecule has 0 aliphatic carbocycles. The molecule has 2 aromatic rings. The highest BCUT2D eigenvalue weighted by atomic mass is 32.1. The average molecular weight is 253 g/mol. The van der Waals surface area contributed by atoms with E-state index in [0.29, 0.717) is 12.4 Å². The first-order valence-electron chi connectivity index (χ1n) is 5.53. The van der Waals surface area contributed by atoms with Crippen molar-refractivity contribution in [1.82, 2.24) is 9.38 Å². The Morgan fingerprint density at radius 3 is 2.82 bits per heavy atom. The van der Waals surface area contributed by atoms with Crippen molar-refractivity contribution in [1.29, 1.82) is 0 Å². The lowest BCUT2D eigenvalue weighted by Crippen LogP contribution is -2.09. The number of thiazole rings is 1. The van der Waals surface area contributed by atoms with Crippen LogP contribution in [0.25, 0.3) is 4.96 Å². The lowest BCUT2D eigenvalue weighted by molar-refractivity contribution is 0.0521. The molecule has 0 spiro atoms. The number of esters is 1. The number of aromatic nitrogens is 2. The van der Waals surface area contributed by atoms with Crippen molar-refractivity contribution in [2.45, 2.75) is 27.2 Å². The summed E-state index contributed by atoms with van der Waals surface area (Å²) in [5.41, 5.74) is 7.28. The zero-order valence-corrected chi connectivity index (χ0v) is 10.9. The second kappa shape index (κ2) is 4.37. The molecule has 6 heteroatoms. The van der Waals surface area contributed by atoms with Gasteiger partial charge in [-0.15, -0.1) is 11.3 Å². The average Bonchev–Trinajstić information content (AvgIpc) is 2.75. The van der Waals surface area contributed by atoms with Gasteiger partial charge in [0.25, 0.3) is 0 Å². The van der Waals surface area contributed by atoms with Gasteiger partial charge in [-0.3, -0.25) is 4.40 Å². The molecule has 0 saturated carbocycles. The van der Waals surface area contributed by atoms with Crippen molar-refractivity contribution in [3.63, 3.8) is 0 Å². The van der Waals surface area contributed by atoms with Crippen molar-refractivity contribution in [3.8, 4) is 0 Å². The summed E-state index contributed by atoms with van der Waals surface area (Å²) in [7, 11) is 0. The minimum atomic E-state index is -0.458. The Morgan fingerprint density at radius 1 is 1.53 bits per heavy atom. The summed E-state index contributed by atoms with van der Waals surface area (Å²) < 4.78 is 6.76. The van der Waals surface area contributed by atoms with Gasteiger partial charge < -0.3 is 10.5 Å². The van der Waals surface area contributed by atoms with Crippen molar-refractivity contribution in [3.05, 3.63) is 16.3 Å². The Bertz CT molecular complexity index is 571. The number of imidazole rings is 1. The molecule has 0 radical (unpaired) electrons. The monoisotopic (exact) mass is 253 g/mol. The number of anilines is 1. The molecule has 0 aromatic carbocycles. The molecular weight excluding hydrogens is 238 g/mol. The maximum Gasteiger partial charge on any atom is 0.360 e. The van der Waals surface area contributed by atoms with Gasteiger partial charge in [0.05, 0.1) is 6.61 Å². The molecule has 0 amide bonds. The fraction of sp³-hybridized carbons (Fsp3) is 0.455. The summed E-state index contributed by atoms with van der Waals surface area (Å²) >= 11 is 1.54. The van der Waals surface area contributed by atoms with E-state index in [2.05, 4.69) is 11.9 Å². The van der Waals surface area contributed by atoms with Crippen molar-refractivity contribution in [2.24, 2.45) is 0 Å². The van der Waals surface area contributed by atoms with Crippen LogP contribution in [-0.2, 0) is 11.2 Å². The van der Waals surface area contributed by atoms with Crippen LogP contribution in [-0.4, -0.2) is 22.0 Å². The maximum absolute atomic E-state index is 11.6. The van der Waals surface area contributed by atoms with Gasteiger partial charge >= 0.3 is 5.97 Å². The molecular formula is C11H15N3O2S. The molecule has 92 valence electrons. The number of ether oxygens (including phenoxy) is 1. The Kier molecular flexibility index (Phi) is 3.06. The topological polar surface area (TPSA) is 69.6 Å². The van der Waals surface area contributed by atoms with Gasteiger partial charge in [-0.05, 0) is 20.3 Å². The molecule has 0 saturated heterocycles. The first-order valence-corrected chi connectivity index (χ1v) is 6.35. The molecule has 2 N–H and O–H groups in total. The van der Waals surface area contributed by atoms with Gasteiger partial charge in [-0.25, -0.2) is 9.78 Å². The lowest BCUT2D eigenvalue weighted by Gasteiger charge is -2.01. The highest BCUT2D eigenvalue weighted by molar-refractivity contribution is 7.17. The van der Waals surface area contributed by atoms with Crippen LogP contribution in [0.15, 0.2) is 0 Å².